The molecule has 1 aromatic rings. The van der Waals surface area contributed by atoms with Crippen LogP contribution in [-0.4, -0.2) is 51.2 Å². The van der Waals surface area contributed by atoms with Crippen LogP contribution in [0.3, 0.4) is 0 Å². The largest absolute Gasteiger partial charge is 0.444 e. The number of hydrogen-bond acceptors (Lipinski definition) is 5. The number of piperidine rings is 2. The van der Waals surface area contributed by atoms with Gasteiger partial charge in [-0.2, -0.15) is 8.42 Å². The molecule has 2 heterocycles. The lowest BCUT2D eigenvalue weighted by atomic mass is 9.79. The van der Waals surface area contributed by atoms with E-state index in [4.69, 9.17) is 24.8 Å². The standard InChI is InChI=1S/C22H33ClN2O2.O2S/c1-16-5-6-19(15-20(16)23)24-11-7-17(8-12-24)18-9-13-25(14-10-18)21(26)27-22(2,3)4;1-3-2/h5-6,15,17-18H,7-14H2,1-4H3;. The van der Waals surface area contributed by atoms with Crippen molar-refractivity contribution in [1.29, 1.82) is 0 Å². The maximum Gasteiger partial charge on any atom is 0.410 e. The highest BCUT2D eigenvalue weighted by molar-refractivity contribution is 7.51. The van der Waals surface area contributed by atoms with E-state index in [2.05, 4.69) is 23.1 Å². The van der Waals surface area contributed by atoms with Gasteiger partial charge in [-0.05, 0) is 82.9 Å². The van der Waals surface area contributed by atoms with E-state index >= 15 is 0 Å². The van der Waals surface area contributed by atoms with Crippen molar-refractivity contribution in [3.63, 3.8) is 0 Å². The van der Waals surface area contributed by atoms with Gasteiger partial charge in [0.25, 0.3) is 0 Å². The molecule has 0 saturated carbocycles. The highest BCUT2D eigenvalue weighted by Gasteiger charge is 2.32. The van der Waals surface area contributed by atoms with Crippen LogP contribution in [0.1, 0.15) is 52.0 Å². The van der Waals surface area contributed by atoms with Crippen molar-refractivity contribution in [2.75, 3.05) is 31.1 Å². The van der Waals surface area contributed by atoms with Crippen LogP contribution in [0, 0.1) is 18.8 Å². The first-order valence-electron chi connectivity index (χ1n) is 10.6. The number of rotatable bonds is 2. The average Bonchev–Trinajstić information content (AvgIpc) is 2.70. The number of aryl methyl sites for hydroxylation is 1. The lowest BCUT2D eigenvalue weighted by Gasteiger charge is -2.41. The molecule has 2 saturated heterocycles. The number of nitrogens with zero attached hydrogens (tertiary/aromatic N) is 2. The minimum Gasteiger partial charge on any atom is -0.444 e. The molecule has 6 nitrogen and oxygen atoms in total. The van der Waals surface area contributed by atoms with Gasteiger partial charge in [0.05, 0.1) is 0 Å². The Bertz CT molecular complexity index is 746. The van der Waals surface area contributed by atoms with Crippen molar-refractivity contribution >= 4 is 35.0 Å². The number of halogens is 1. The molecule has 3 rings (SSSR count). The summed E-state index contributed by atoms with van der Waals surface area (Å²) in [6.07, 6.45) is 4.48. The minimum absolute atomic E-state index is 0.160. The van der Waals surface area contributed by atoms with Crippen molar-refractivity contribution in [2.24, 2.45) is 11.8 Å². The summed E-state index contributed by atoms with van der Waals surface area (Å²) >= 11 is 5.54. The molecule has 8 heteroatoms. The molecule has 0 N–H and O–H groups in total. The summed E-state index contributed by atoms with van der Waals surface area (Å²) in [4.78, 5) is 16.6. The molecule has 168 valence electrons. The van der Waals surface area contributed by atoms with E-state index in [0.717, 1.165) is 61.4 Å². The molecule has 1 aromatic carbocycles. The number of ether oxygens (including phenoxy) is 1. The van der Waals surface area contributed by atoms with E-state index in [0.29, 0.717) is 0 Å². The van der Waals surface area contributed by atoms with E-state index in [9.17, 15) is 4.79 Å². The number of carbonyl (C=O) groups is 1. The number of amides is 1. The zero-order chi connectivity index (χ0) is 22.3. The second kappa shape index (κ2) is 11.1. The molecule has 0 aliphatic carbocycles. The lowest BCUT2D eigenvalue weighted by Crippen LogP contribution is -2.44. The number of likely N-dealkylation sites (tertiary alicyclic amines) is 1. The van der Waals surface area contributed by atoms with Gasteiger partial charge in [-0.1, -0.05) is 17.7 Å². The minimum atomic E-state index is -0.750. The van der Waals surface area contributed by atoms with Gasteiger partial charge < -0.3 is 14.5 Å². The number of carbonyl (C=O) groups excluding carboxylic acids is 1. The molecule has 30 heavy (non-hydrogen) atoms. The second-order valence-electron chi connectivity index (χ2n) is 9.13. The predicted molar refractivity (Wildman–Crippen MR) is 121 cm³/mol. The smallest absolute Gasteiger partial charge is 0.410 e. The first-order valence-corrected chi connectivity index (χ1v) is 11.6. The third-order valence-electron chi connectivity index (χ3n) is 5.92. The third kappa shape index (κ3) is 7.27. The lowest BCUT2D eigenvalue weighted by molar-refractivity contribution is 0.0152. The first kappa shape index (κ1) is 24.7. The van der Waals surface area contributed by atoms with Crippen LogP contribution in [0.5, 0.6) is 0 Å². The summed E-state index contributed by atoms with van der Waals surface area (Å²) in [5.74, 6) is 1.50. The molecule has 2 fully saturated rings. The van der Waals surface area contributed by atoms with Crippen molar-refractivity contribution in [3.05, 3.63) is 28.8 Å². The fourth-order valence-corrected chi connectivity index (χ4v) is 4.46. The second-order valence-corrected chi connectivity index (χ2v) is 9.67. The maximum atomic E-state index is 12.2. The van der Waals surface area contributed by atoms with Crippen LogP contribution < -0.4 is 4.90 Å². The Morgan fingerprint density at radius 3 is 2.00 bits per heavy atom. The van der Waals surface area contributed by atoms with Gasteiger partial charge in [0.15, 0.2) is 0 Å². The topological polar surface area (TPSA) is 66.9 Å². The molecule has 0 spiro atoms. The summed E-state index contributed by atoms with van der Waals surface area (Å²) in [5, 5.41) is 0.851. The van der Waals surface area contributed by atoms with Crippen LogP contribution in [0.4, 0.5) is 10.5 Å². The highest BCUT2D eigenvalue weighted by atomic mass is 35.5. The van der Waals surface area contributed by atoms with Crippen LogP contribution in [0.2, 0.25) is 5.02 Å². The van der Waals surface area contributed by atoms with Gasteiger partial charge in [0.1, 0.15) is 5.60 Å². The number of anilines is 1. The number of hydrogen-bond donors (Lipinski definition) is 0. The van der Waals surface area contributed by atoms with E-state index < -0.39 is 17.2 Å². The Labute approximate surface area is 188 Å². The van der Waals surface area contributed by atoms with Crippen LogP contribution in [0.15, 0.2) is 18.2 Å². The Hall–Kier alpha value is -1.60. The van der Waals surface area contributed by atoms with Crippen LogP contribution >= 0.6 is 11.6 Å². The fourth-order valence-electron chi connectivity index (χ4n) is 4.29. The van der Waals surface area contributed by atoms with Gasteiger partial charge >= 0.3 is 17.7 Å². The molecule has 0 radical (unpaired) electrons. The molecule has 2 aliphatic heterocycles. The zero-order valence-electron chi connectivity index (χ0n) is 18.4. The monoisotopic (exact) mass is 456 g/mol. The Balaban J connectivity index is 0.00000101. The summed E-state index contributed by atoms with van der Waals surface area (Å²) < 4.78 is 22.1. The van der Waals surface area contributed by atoms with Crippen molar-refractivity contribution in [1.82, 2.24) is 4.90 Å². The quantitative estimate of drug-likeness (QED) is 0.636. The van der Waals surface area contributed by atoms with Crippen molar-refractivity contribution in [3.8, 4) is 0 Å². The summed E-state index contributed by atoms with van der Waals surface area (Å²) in [6.45, 7) is 11.7. The van der Waals surface area contributed by atoms with Gasteiger partial charge in [0.2, 0.25) is 0 Å². The maximum absolute atomic E-state index is 12.2. The zero-order valence-corrected chi connectivity index (χ0v) is 19.9. The highest BCUT2D eigenvalue weighted by Crippen LogP contribution is 2.35. The van der Waals surface area contributed by atoms with Gasteiger partial charge in [-0.3, -0.25) is 0 Å². The molecule has 0 unspecified atom stereocenters. The first-order chi connectivity index (χ1) is 14.1. The molecule has 0 bridgehead atoms. The van der Waals surface area contributed by atoms with Gasteiger partial charge in [-0.15, -0.1) is 0 Å². The van der Waals surface area contributed by atoms with Crippen molar-refractivity contribution < 1.29 is 17.9 Å². The molecule has 0 atom stereocenters. The molecule has 0 aromatic heterocycles. The van der Waals surface area contributed by atoms with Gasteiger partial charge in [0, 0.05) is 36.9 Å². The summed E-state index contributed by atoms with van der Waals surface area (Å²) in [6, 6.07) is 6.38. The number of benzene rings is 1. The molecule has 1 amide bonds. The Kier molecular flexibility index (Phi) is 9.16. The van der Waals surface area contributed by atoms with E-state index in [-0.39, 0.29) is 6.09 Å². The van der Waals surface area contributed by atoms with Crippen LogP contribution in [0.25, 0.3) is 0 Å². The van der Waals surface area contributed by atoms with Crippen molar-refractivity contribution in [2.45, 2.75) is 59.0 Å². The van der Waals surface area contributed by atoms with E-state index in [1.54, 1.807) is 0 Å². The normalized spacial score (nSPS) is 18.4. The summed E-state index contributed by atoms with van der Waals surface area (Å²) in [7, 11) is 0. The van der Waals surface area contributed by atoms with Crippen LogP contribution in [-0.2, 0) is 16.3 Å². The molecular weight excluding hydrogens is 424 g/mol. The third-order valence-corrected chi connectivity index (χ3v) is 6.33. The SMILES string of the molecule is Cc1ccc(N2CCC(C3CCN(C(=O)OC(C)(C)C)CC3)CC2)cc1Cl.O=S=O. The summed E-state index contributed by atoms with van der Waals surface area (Å²) in [5.41, 5.74) is 1.95. The van der Waals surface area contributed by atoms with E-state index in [1.165, 1.54) is 18.5 Å². The molecule has 2 aliphatic rings. The Morgan fingerprint density at radius 1 is 1.03 bits per heavy atom. The van der Waals surface area contributed by atoms with E-state index in [1.807, 2.05) is 32.6 Å². The fraction of sp³-hybridized carbons (Fsp3) is 0.682. The predicted octanol–water partition coefficient (Wildman–Crippen LogP) is 4.84. The van der Waals surface area contributed by atoms with Gasteiger partial charge in [-0.25, -0.2) is 4.79 Å². The Morgan fingerprint density at radius 2 is 1.53 bits per heavy atom. The molecular formula is C22H33ClN2O4S. The average molecular weight is 457 g/mol.